The normalized spacial score (nSPS) is 11.6. The van der Waals surface area contributed by atoms with E-state index in [-0.39, 0.29) is 17.6 Å². The van der Waals surface area contributed by atoms with E-state index >= 15 is 0 Å². The van der Waals surface area contributed by atoms with Gasteiger partial charge in [-0.05, 0) is 61.6 Å². The molecule has 0 atom stereocenters. The number of pyridine rings is 2. The van der Waals surface area contributed by atoms with Gasteiger partial charge < -0.3 is 19.9 Å². The number of ether oxygens (including phenoxy) is 1. The highest BCUT2D eigenvalue weighted by atomic mass is 19.1. The quantitative estimate of drug-likeness (QED) is 0.181. The third-order valence-corrected chi connectivity index (χ3v) is 7.18. The number of nitrogens with zero attached hydrogens (tertiary/aromatic N) is 4. The topological polar surface area (TPSA) is 112 Å². The van der Waals surface area contributed by atoms with Gasteiger partial charge >= 0.3 is 0 Å². The number of carbonyl (C=O) groups is 1. The number of hydrogen-bond donors (Lipinski definition) is 3. The van der Waals surface area contributed by atoms with E-state index in [4.69, 9.17) is 4.74 Å². The smallest absolute Gasteiger partial charge is 0.226 e. The van der Waals surface area contributed by atoms with E-state index in [2.05, 4.69) is 30.5 Å². The second-order valence-electron chi connectivity index (χ2n) is 11.1. The average molecular weight is 578 g/mol. The summed E-state index contributed by atoms with van der Waals surface area (Å²) < 4.78 is 20.5. The van der Waals surface area contributed by atoms with Gasteiger partial charge in [-0.25, -0.2) is 4.39 Å². The zero-order valence-electron chi connectivity index (χ0n) is 24.4. The maximum atomic E-state index is 14.7. The third kappa shape index (κ3) is 5.96. The number of anilines is 1. The Morgan fingerprint density at radius 2 is 1.86 bits per heavy atom. The predicted molar refractivity (Wildman–Crippen MR) is 167 cm³/mol. The fraction of sp³-hybridized carbons (Fsp3) is 0.212. The molecule has 0 bridgehead atoms. The number of halogens is 1. The van der Waals surface area contributed by atoms with E-state index in [0.29, 0.717) is 23.7 Å². The minimum absolute atomic E-state index is 0.0796. The third-order valence-electron chi connectivity index (χ3n) is 7.18. The maximum Gasteiger partial charge on any atom is 0.226 e. The molecule has 0 radical (unpaired) electrons. The van der Waals surface area contributed by atoms with Gasteiger partial charge in [0.1, 0.15) is 23.9 Å². The van der Waals surface area contributed by atoms with Crippen molar-refractivity contribution in [2.75, 3.05) is 32.6 Å². The Morgan fingerprint density at radius 1 is 1.00 bits per heavy atom. The molecule has 6 rings (SSSR count). The number of benzene rings is 2. The van der Waals surface area contributed by atoms with Crippen molar-refractivity contribution in [3.05, 3.63) is 79.0 Å². The van der Waals surface area contributed by atoms with Crippen LogP contribution < -0.4 is 10.1 Å². The van der Waals surface area contributed by atoms with Gasteiger partial charge in [0.15, 0.2) is 0 Å². The lowest BCUT2D eigenvalue weighted by Gasteiger charge is -2.12. The molecule has 4 aromatic heterocycles. The lowest BCUT2D eigenvalue weighted by atomic mass is 10.0. The molecule has 0 saturated heterocycles. The van der Waals surface area contributed by atoms with Crippen LogP contribution in [0.3, 0.4) is 0 Å². The minimum atomic E-state index is -0.356. The number of amides is 1. The van der Waals surface area contributed by atoms with Crippen LogP contribution in [-0.2, 0) is 4.79 Å². The van der Waals surface area contributed by atoms with Crippen LogP contribution in [0.4, 0.5) is 10.1 Å². The standard InChI is InChI=1S/C33H32FN7O2/c1-19(2)33(42)37-23-11-21(16-35-17-23)29-15-27-31(18-36-29)39-40-32(27)30-14-26-25(6-5-7-28(26)38-30)20-10-22(34)13-24(12-20)43-9-8-41(3)4/h5-7,10-19,38H,8-9H2,1-4H3,(H,37,42)(H,39,40). The summed E-state index contributed by atoms with van der Waals surface area (Å²) in [6.45, 7) is 4.87. The van der Waals surface area contributed by atoms with E-state index in [1.165, 1.54) is 12.1 Å². The van der Waals surface area contributed by atoms with Crippen LogP contribution in [0.25, 0.3) is 55.6 Å². The van der Waals surface area contributed by atoms with Gasteiger partial charge in [-0.1, -0.05) is 26.0 Å². The SMILES string of the molecule is CC(C)C(=O)Nc1cncc(-c2cc3c(-c4cc5c(-c6cc(F)cc(OCCN(C)C)c6)cccc5[nH]4)n[nH]c3cn2)c1. The van der Waals surface area contributed by atoms with Gasteiger partial charge in [-0.3, -0.25) is 19.9 Å². The Balaban J connectivity index is 1.36. The zero-order valence-corrected chi connectivity index (χ0v) is 24.4. The molecule has 0 saturated carbocycles. The maximum absolute atomic E-state index is 14.7. The number of aromatic amines is 2. The summed E-state index contributed by atoms with van der Waals surface area (Å²) in [7, 11) is 3.93. The van der Waals surface area contributed by atoms with Crippen molar-refractivity contribution in [2.24, 2.45) is 5.92 Å². The largest absolute Gasteiger partial charge is 0.492 e. The first-order valence-corrected chi connectivity index (χ1v) is 14.1. The first kappa shape index (κ1) is 28.0. The van der Waals surface area contributed by atoms with Gasteiger partial charge in [0, 0.05) is 46.6 Å². The summed E-state index contributed by atoms with van der Waals surface area (Å²) in [5.41, 5.74) is 6.89. The Hall–Kier alpha value is -5.09. The Labute approximate surface area is 248 Å². The van der Waals surface area contributed by atoms with Crippen molar-refractivity contribution < 1.29 is 13.9 Å². The summed E-state index contributed by atoms with van der Waals surface area (Å²) in [6, 6.07) is 16.5. The predicted octanol–water partition coefficient (Wildman–Crippen LogP) is 6.51. The van der Waals surface area contributed by atoms with Crippen LogP contribution in [0.1, 0.15) is 13.8 Å². The molecule has 9 nitrogen and oxygen atoms in total. The van der Waals surface area contributed by atoms with E-state index in [1.807, 2.05) is 75.3 Å². The van der Waals surface area contributed by atoms with Crippen LogP contribution >= 0.6 is 0 Å². The number of carbonyl (C=O) groups excluding carboxylic acids is 1. The van der Waals surface area contributed by atoms with Crippen molar-refractivity contribution in [2.45, 2.75) is 13.8 Å². The summed E-state index contributed by atoms with van der Waals surface area (Å²) in [5, 5.41) is 12.4. The summed E-state index contributed by atoms with van der Waals surface area (Å²) in [5.74, 6) is -0.0900. The lowest BCUT2D eigenvalue weighted by molar-refractivity contribution is -0.118. The van der Waals surface area contributed by atoms with Crippen LogP contribution in [0.2, 0.25) is 0 Å². The highest BCUT2D eigenvalue weighted by molar-refractivity contribution is 6.01. The number of hydrogen-bond acceptors (Lipinski definition) is 6. The number of fused-ring (bicyclic) bond motifs is 2. The van der Waals surface area contributed by atoms with Crippen LogP contribution in [0.5, 0.6) is 5.75 Å². The molecule has 0 aliphatic carbocycles. The number of rotatable bonds is 9. The van der Waals surface area contributed by atoms with Crippen molar-refractivity contribution in [1.82, 2.24) is 30.0 Å². The molecule has 2 aromatic carbocycles. The highest BCUT2D eigenvalue weighted by Crippen LogP contribution is 2.36. The molecule has 0 aliphatic heterocycles. The molecule has 4 heterocycles. The fourth-order valence-electron chi connectivity index (χ4n) is 4.90. The van der Waals surface area contributed by atoms with Crippen molar-refractivity contribution in [3.63, 3.8) is 0 Å². The number of H-pyrrole nitrogens is 2. The molecule has 10 heteroatoms. The van der Waals surface area contributed by atoms with E-state index < -0.39 is 0 Å². The molecule has 1 amide bonds. The molecule has 0 aliphatic rings. The number of likely N-dealkylation sites (N-methyl/N-ethyl adjacent to an activating group) is 1. The second kappa shape index (κ2) is 11.7. The monoisotopic (exact) mass is 577 g/mol. The average Bonchev–Trinajstić information content (AvgIpc) is 3.60. The van der Waals surface area contributed by atoms with E-state index in [1.54, 1.807) is 18.6 Å². The first-order valence-electron chi connectivity index (χ1n) is 14.1. The van der Waals surface area contributed by atoms with Crippen molar-refractivity contribution >= 4 is 33.4 Å². The molecule has 0 spiro atoms. The molecule has 0 fully saturated rings. The van der Waals surface area contributed by atoms with E-state index in [9.17, 15) is 9.18 Å². The summed E-state index contributed by atoms with van der Waals surface area (Å²) in [4.78, 5) is 26.6. The molecule has 218 valence electrons. The molecule has 0 unspecified atom stereocenters. The van der Waals surface area contributed by atoms with Crippen molar-refractivity contribution in [3.8, 4) is 39.5 Å². The lowest BCUT2D eigenvalue weighted by Crippen LogP contribution is -2.19. The minimum Gasteiger partial charge on any atom is -0.492 e. The second-order valence-corrected chi connectivity index (χ2v) is 11.1. The molecule has 3 N–H and O–H groups in total. The van der Waals surface area contributed by atoms with Crippen LogP contribution in [0, 0.1) is 11.7 Å². The Kier molecular flexibility index (Phi) is 7.60. The number of aromatic nitrogens is 5. The molecule has 43 heavy (non-hydrogen) atoms. The van der Waals surface area contributed by atoms with E-state index in [0.717, 1.165) is 56.4 Å². The van der Waals surface area contributed by atoms with Gasteiger partial charge in [0.2, 0.25) is 5.91 Å². The summed E-state index contributed by atoms with van der Waals surface area (Å²) >= 11 is 0. The molecular formula is C33H32FN7O2. The Bertz CT molecular complexity index is 1940. The van der Waals surface area contributed by atoms with Crippen LogP contribution in [0.15, 0.2) is 73.2 Å². The summed E-state index contributed by atoms with van der Waals surface area (Å²) in [6.07, 6.45) is 5.07. The van der Waals surface area contributed by atoms with Gasteiger partial charge in [-0.2, -0.15) is 5.10 Å². The highest BCUT2D eigenvalue weighted by Gasteiger charge is 2.16. The Morgan fingerprint density at radius 3 is 2.67 bits per heavy atom. The molecular weight excluding hydrogens is 545 g/mol. The van der Waals surface area contributed by atoms with Gasteiger partial charge in [0.05, 0.1) is 35.0 Å². The fourth-order valence-corrected chi connectivity index (χ4v) is 4.90. The zero-order chi connectivity index (χ0) is 30.1. The number of nitrogens with one attached hydrogen (secondary N) is 3. The van der Waals surface area contributed by atoms with Crippen LogP contribution in [-0.4, -0.2) is 63.2 Å². The van der Waals surface area contributed by atoms with Crippen molar-refractivity contribution in [1.29, 1.82) is 0 Å². The van der Waals surface area contributed by atoms with Gasteiger partial charge in [0.25, 0.3) is 0 Å². The van der Waals surface area contributed by atoms with Gasteiger partial charge in [-0.15, -0.1) is 0 Å². The first-order chi connectivity index (χ1) is 20.7. The molecule has 6 aromatic rings.